The number of carbonyl (C=O) groups excluding carboxylic acids is 3. The molecule has 0 unspecified atom stereocenters. The summed E-state index contributed by atoms with van der Waals surface area (Å²) in [4.78, 5) is 35.2. The van der Waals surface area contributed by atoms with Crippen molar-refractivity contribution >= 4 is 23.4 Å². The van der Waals surface area contributed by atoms with E-state index in [1.54, 1.807) is 24.3 Å². The average Bonchev–Trinajstić information content (AvgIpc) is 2.57. The van der Waals surface area contributed by atoms with Crippen molar-refractivity contribution in [1.82, 2.24) is 5.32 Å². The highest BCUT2D eigenvalue weighted by Gasteiger charge is 2.19. The van der Waals surface area contributed by atoms with Gasteiger partial charge in [-0.15, -0.1) is 0 Å². The third-order valence-electron chi connectivity index (χ3n) is 4.13. The highest BCUT2D eigenvalue weighted by atomic mass is 16.2. The Bertz CT molecular complexity index is 829. The number of rotatable bonds is 6. The van der Waals surface area contributed by atoms with E-state index < -0.39 is 17.9 Å². The van der Waals surface area contributed by atoms with Crippen LogP contribution in [0.2, 0.25) is 0 Å². The van der Waals surface area contributed by atoms with Crippen molar-refractivity contribution in [2.45, 2.75) is 33.2 Å². The molecule has 0 radical (unpaired) electrons. The van der Waals surface area contributed by atoms with Crippen LogP contribution in [0.5, 0.6) is 0 Å². The minimum absolute atomic E-state index is 0.190. The highest BCUT2D eigenvalue weighted by molar-refractivity contribution is 5.98. The number of nitrogens with one attached hydrogen (secondary N) is 2. The van der Waals surface area contributed by atoms with E-state index >= 15 is 0 Å². The molecule has 0 saturated heterocycles. The van der Waals surface area contributed by atoms with Crippen molar-refractivity contribution in [3.05, 3.63) is 64.7 Å². The van der Waals surface area contributed by atoms with Gasteiger partial charge in [0.15, 0.2) is 0 Å². The summed E-state index contributed by atoms with van der Waals surface area (Å²) in [5.41, 5.74) is 9.63. The number of primary amides is 1. The van der Waals surface area contributed by atoms with Crippen LogP contribution in [0.3, 0.4) is 0 Å². The maximum Gasteiger partial charge on any atom is 0.251 e. The quantitative estimate of drug-likeness (QED) is 0.741. The van der Waals surface area contributed by atoms with E-state index in [9.17, 15) is 14.4 Å². The van der Waals surface area contributed by atoms with Crippen molar-refractivity contribution in [3.8, 4) is 0 Å². The summed E-state index contributed by atoms with van der Waals surface area (Å²) in [6.45, 7) is 5.41. The minimum Gasteiger partial charge on any atom is -0.368 e. The maximum absolute atomic E-state index is 12.4. The van der Waals surface area contributed by atoms with E-state index in [0.29, 0.717) is 17.7 Å². The average molecular weight is 353 g/mol. The normalized spacial score (nSPS) is 11.5. The van der Waals surface area contributed by atoms with Gasteiger partial charge in [-0.1, -0.05) is 18.2 Å². The predicted molar refractivity (Wildman–Crippen MR) is 101 cm³/mol. The number of aryl methyl sites for hydroxylation is 2. The molecule has 2 rings (SSSR count). The van der Waals surface area contributed by atoms with Gasteiger partial charge in [-0.2, -0.15) is 0 Å². The van der Waals surface area contributed by atoms with Crippen LogP contribution in [-0.2, 0) is 16.0 Å². The van der Waals surface area contributed by atoms with E-state index in [2.05, 4.69) is 10.6 Å². The Hall–Kier alpha value is -3.15. The fourth-order valence-corrected chi connectivity index (χ4v) is 2.54. The van der Waals surface area contributed by atoms with Gasteiger partial charge >= 0.3 is 0 Å². The summed E-state index contributed by atoms with van der Waals surface area (Å²) >= 11 is 0. The molecule has 0 aliphatic rings. The van der Waals surface area contributed by atoms with Gasteiger partial charge in [-0.05, 0) is 54.8 Å². The largest absolute Gasteiger partial charge is 0.368 e. The second-order valence-corrected chi connectivity index (χ2v) is 6.31. The Labute approximate surface area is 152 Å². The first-order valence-electron chi connectivity index (χ1n) is 8.30. The van der Waals surface area contributed by atoms with Gasteiger partial charge in [0.25, 0.3) is 5.91 Å². The standard InChI is InChI=1S/C20H23N3O3/c1-12-4-5-15(10-13(12)2)11-18(19(21)25)23-20(26)16-6-8-17(9-7-16)22-14(3)24/h4-10,18H,11H2,1-3H3,(H2,21,25)(H,22,24)(H,23,26)/t18-/m0/s1. The number of benzene rings is 2. The molecule has 0 heterocycles. The molecule has 0 fully saturated rings. The molecule has 136 valence electrons. The van der Waals surface area contributed by atoms with Crippen molar-refractivity contribution in [2.75, 3.05) is 5.32 Å². The molecule has 0 aliphatic heterocycles. The second-order valence-electron chi connectivity index (χ2n) is 6.31. The van der Waals surface area contributed by atoms with Gasteiger partial charge in [0.1, 0.15) is 6.04 Å². The lowest BCUT2D eigenvalue weighted by atomic mass is 10.0. The van der Waals surface area contributed by atoms with Gasteiger partial charge in [-0.3, -0.25) is 14.4 Å². The van der Waals surface area contributed by atoms with Crippen molar-refractivity contribution in [2.24, 2.45) is 5.73 Å². The van der Waals surface area contributed by atoms with E-state index in [4.69, 9.17) is 5.73 Å². The maximum atomic E-state index is 12.4. The molecular weight excluding hydrogens is 330 g/mol. The zero-order valence-corrected chi connectivity index (χ0v) is 15.1. The summed E-state index contributed by atoms with van der Waals surface area (Å²) in [5.74, 6) is -1.18. The smallest absolute Gasteiger partial charge is 0.251 e. The Morgan fingerprint density at radius 2 is 1.65 bits per heavy atom. The third-order valence-corrected chi connectivity index (χ3v) is 4.13. The van der Waals surface area contributed by atoms with Crippen LogP contribution in [0.15, 0.2) is 42.5 Å². The SMILES string of the molecule is CC(=O)Nc1ccc(C(=O)N[C@@H](Cc2ccc(C)c(C)c2)C(N)=O)cc1. The van der Waals surface area contributed by atoms with Gasteiger partial charge in [0.2, 0.25) is 11.8 Å². The molecule has 0 spiro atoms. The zero-order chi connectivity index (χ0) is 19.3. The Balaban J connectivity index is 2.08. The molecule has 0 aromatic heterocycles. The van der Waals surface area contributed by atoms with Gasteiger partial charge in [0.05, 0.1) is 0 Å². The first kappa shape index (κ1) is 19.2. The fraction of sp³-hybridized carbons (Fsp3) is 0.250. The Morgan fingerprint density at radius 1 is 1.00 bits per heavy atom. The summed E-state index contributed by atoms with van der Waals surface area (Å²) in [6.07, 6.45) is 0.326. The predicted octanol–water partition coefficient (Wildman–Crippen LogP) is 2.09. The molecule has 4 N–H and O–H groups in total. The minimum atomic E-state index is -0.806. The lowest BCUT2D eigenvalue weighted by molar-refractivity contribution is -0.119. The number of hydrogen-bond donors (Lipinski definition) is 3. The molecule has 0 bridgehead atoms. The molecule has 1 atom stereocenters. The summed E-state index contributed by atoms with van der Waals surface area (Å²) < 4.78 is 0. The van der Waals surface area contributed by atoms with E-state index in [1.807, 2.05) is 32.0 Å². The van der Waals surface area contributed by atoms with Gasteiger partial charge in [0, 0.05) is 24.6 Å². The van der Waals surface area contributed by atoms with E-state index in [0.717, 1.165) is 16.7 Å². The second kappa shape index (κ2) is 8.29. The Kier molecular flexibility index (Phi) is 6.11. The van der Waals surface area contributed by atoms with Crippen LogP contribution >= 0.6 is 0 Å². The number of anilines is 1. The molecule has 2 aromatic carbocycles. The summed E-state index contributed by atoms with van der Waals surface area (Å²) in [7, 11) is 0. The van der Waals surface area contributed by atoms with E-state index in [1.165, 1.54) is 6.92 Å². The van der Waals surface area contributed by atoms with Crippen LogP contribution in [-0.4, -0.2) is 23.8 Å². The van der Waals surface area contributed by atoms with Crippen LogP contribution in [0.25, 0.3) is 0 Å². The summed E-state index contributed by atoms with van der Waals surface area (Å²) in [6, 6.07) is 11.5. The molecule has 3 amide bonds. The first-order valence-corrected chi connectivity index (χ1v) is 8.30. The van der Waals surface area contributed by atoms with Gasteiger partial charge in [-0.25, -0.2) is 0 Å². The molecule has 6 nitrogen and oxygen atoms in total. The molecular formula is C20H23N3O3. The van der Waals surface area contributed by atoms with Crippen molar-refractivity contribution in [1.29, 1.82) is 0 Å². The van der Waals surface area contributed by atoms with Crippen molar-refractivity contribution < 1.29 is 14.4 Å². The van der Waals surface area contributed by atoms with Gasteiger partial charge < -0.3 is 16.4 Å². The lowest BCUT2D eigenvalue weighted by Gasteiger charge is -2.16. The fourth-order valence-electron chi connectivity index (χ4n) is 2.54. The highest BCUT2D eigenvalue weighted by Crippen LogP contribution is 2.13. The summed E-state index contributed by atoms with van der Waals surface area (Å²) in [5, 5.41) is 5.30. The van der Waals surface area contributed by atoms with E-state index in [-0.39, 0.29) is 5.91 Å². The van der Waals surface area contributed by atoms with Crippen LogP contribution in [0.4, 0.5) is 5.69 Å². The first-order chi connectivity index (χ1) is 12.3. The molecule has 6 heteroatoms. The Morgan fingerprint density at radius 3 is 2.19 bits per heavy atom. The molecule has 0 aliphatic carbocycles. The zero-order valence-electron chi connectivity index (χ0n) is 15.1. The topological polar surface area (TPSA) is 101 Å². The number of nitrogens with two attached hydrogens (primary N) is 1. The monoisotopic (exact) mass is 353 g/mol. The van der Waals surface area contributed by atoms with Crippen LogP contribution in [0, 0.1) is 13.8 Å². The number of hydrogen-bond acceptors (Lipinski definition) is 3. The number of amides is 3. The van der Waals surface area contributed by atoms with Crippen molar-refractivity contribution in [3.63, 3.8) is 0 Å². The molecule has 0 saturated carbocycles. The molecule has 26 heavy (non-hydrogen) atoms. The third kappa shape index (κ3) is 5.17. The number of carbonyl (C=O) groups is 3. The molecule has 2 aromatic rings. The van der Waals surface area contributed by atoms with Crippen LogP contribution < -0.4 is 16.4 Å². The van der Waals surface area contributed by atoms with Crippen LogP contribution in [0.1, 0.15) is 34.0 Å². The lowest BCUT2D eigenvalue weighted by Crippen LogP contribution is -2.45.